The minimum atomic E-state index is -0.639. The third-order valence-corrected chi connectivity index (χ3v) is 3.80. The van der Waals surface area contributed by atoms with E-state index in [0.717, 1.165) is 6.07 Å². The summed E-state index contributed by atoms with van der Waals surface area (Å²) in [5, 5.41) is 20.4. The molecule has 25 heavy (non-hydrogen) atoms. The van der Waals surface area contributed by atoms with E-state index < -0.39 is 10.7 Å². The molecule has 1 heterocycles. The molecule has 0 aromatic heterocycles. The maximum Gasteiger partial charge on any atom is 0.270 e. The molecule has 0 unspecified atom stereocenters. The SMILES string of the molecule is N#C/C(=C\c1cc2c(cc1Cl)OCO2)C(=O)c1cccc([N+](=O)[O-])c1. The molecule has 0 saturated heterocycles. The van der Waals surface area contributed by atoms with Crippen molar-refractivity contribution >= 4 is 29.1 Å². The standard InChI is InChI=1S/C17H9ClN2O5/c18-14-7-16-15(24-9-25-16)6-11(14)4-12(8-19)17(21)10-2-1-3-13(5-10)20(22)23/h1-7H,9H2/b12-4+. The highest BCUT2D eigenvalue weighted by molar-refractivity contribution is 6.32. The summed E-state index contributed by atoms with van der Waals surface area (Å²) >= 11 is 6.14. The number of rotatable bonds is 4. The fourth-order valence-electron chi connectivity index (χ4n) is 2.26. The summed E-state index contributed by atoms with van der Waals surface area (Å²) in [6.45, 7) is 0.0660. The van der Waals surface area contributed by atoms with Gasteiger partial charge in [0.15, 0.2) is 11.5 Å². The smallest absolute Gasteiger partial charge is 0.270 e. The van der Waals surface area contributed by atoms with Gasteiger partial charge in [-0.2, -0.15) is 5.26 Å². The van der Waals surface area contributed by atoms with Crippen molar-refractivity contribution in [1.82, 2.24) is 0 Å². The van der Waals surface area contributed by atoms with Gasteiger partial charge in [-0.1, -0.05) is 23.7 Å². The van der Waals surface area contributed by atoms with Crippen LogP contribution in [0.15, 0.2) is 42.0 Å². The van der Waals surface area contributed by atoms with Crippen LogP contribution in [0.3, 0.4) is 0 Å². The minimum absolute atomic E-state index is 0.0406. The van der Waals surface area contributed by atoms with E-state index in [2.05, 4.69) is 0 Å². The Morgan fingerprint density at radius 3 is 2.68 bits per heavy atom. The van der Waals surface area contributed by atoms with Gasteiger partial charge in [0.25, 0.3) is 5.69 Å². The molecule has 0 radical (unpaired) electrons. The van der Waals surface area contributed by atoms with Crippen LogP contribution in [0.5, 0.6) is 11.5 Å². The van der Waals surface area contributed by atoms with Crippen LogP contribution in [0.2, 0.25) is 5.02 Å². The van der Waals surface area contributed by atoms with Gasteiger partial charge in [-0.3, -0.25) is 14.9 Å². The summed E-state index contributed by atoms with van der Waals surface area (Å²) in [6.07, 6.45) is 1.31. The highest BCUT2D eigenvalue weighted by atomic mass is 35.5. The molecular formula is C17H9ClN2O5. The van der Waals surface area contributed by atoms with E-state index in [0.29, 0.717) is 17.1 Å². The minimum Gasteiger partial charge on any atom is -0.454 e. The number of carbonyl (C=O) groups is 1. The van der Waals surface area contributed by atoms with Crippen molar-refractivity contribution in [3.05, 3.63) is 68.2 Å². The molecule has 3 rings (SSSR count). The van der Waals surface area contributed by atoms with Crippen LogP contribution in [0, 0.1) is 21.4 Å². The molecule has 0 amide bonds. The Hall–Kier alpha value is -3.37. The van der Waals surface area contributed by atoms with Crippen molar-refractivity contribution in [1.29, 1.82) is 5.26 Å². The second kappa shape index (κ2) is 6.63. The van der Waals surface area contributed by atoms with E-state index in [1.165, 1.54) is 30.3 Å². The fourth-order valence-corrected chi connectivity index (χ4v) is 2.47. The number of nitro groups is 1. The maximum atomic E-state index is 12.5. The van der Waals surface area contributed by atoms with Crippen LogP contribution >= 0.6 is 11.6 Å². The highest BCUT2D eigenvalue weighted by Gasteiger charge is 2.19. The molecule has 0 aliphatic carbocycles. The summed E-state index contributed by atoms with van der Waals surface area (Å²) in [7, 11) is 0. The number of fused-ring (bicyclic) bond motifs is 1. The predicted octanol–water partition coefficient (Wildman–Crippen LogP) is 3.77. The number of halogens is 1. The highest BCUT2D eigenvalue weighted by Crippen LogP contribution is 2.37. The van der Waals surface area contributed by atoms with Gasteiger partial charge in [-0.25, -0.2) is 0 Å². The van der Waals surface area contributed by atoms with E-state index in [-0.39, 0.29) is 28.6 Å². The lowest BCUT2D eigenvalue weighted by molar-refractivity contribution is -0.384. The number of nitrogens with zero attached hydrogens (tertiary/aromatic N) is 2. The van der Waals surface area contributed by atoms with Crippen LogP contribution in [0.1, 0.15) is 15.9 Å². The number of Topliss-reactive ketones (excluding diaryl/α,β-unsaturated/α-hetero) is 1. The maximum absolute atomic E-state index is 12.5. The Morgan fingerprint density at radius 1 is 1.28 bits per heavy atom. The van der Waals surface area contributed by atoms with Crippen LogP contribution in [-0.2, 0) is 0 Å². The van der Waals surface area contributed by atoms with Crippen molar-refractivity contribution in [2.45, 2.75) is 0 Å². The molecule has 7 nitrogen and oxygen atoms in total. The molecule has 1 aliphatic rings. The number of nitriles is 1. The normalized spacial score (nSPS) is 12.6. The average molecular weight is 357 g/mol. The zero-order valence-electron chi connectivity index (χ0n) is 12.6. The van der Waals surface area contributed by atoms with E-state index in [9.17, 15) is 20.2 Å². The number of nitro benzene ring substituents is 1. The van der Waals surface area contributed by atoms with Crippen molar-refractivity contribution in [2.24, 2.45) is 0 Å². The van der Waals surface area contributed by atoms with E-state index in [4.69, 9.17) is 21.1 Å². The Labute approximate surface area is 146 Å². The van der Waals surface area contributed by atoms with E-state index in [1.807, 2.05) is 0 Å². The second-order valence-corrected chi connectivity index (χ2v) is 5.44. The number of non-ortho nitro benzene ring substituents is 1. The molecule has 1 aliphatic heterocycles. The van der Waals surface area contributed by atoms with Gasteiger partial charge < -0.3 is 9.47 Å². The van der Waals surface area contributed by atoms with Gasteiger partial charge >= 0.3 is 0 Å². The zero-order chi connectivity index (χ0) is 18.0. The number of ketones is 1. The molecule has 2 aromatic rings. The number of ether oxygens (including phenoxy) is 2. The van der Waals surface area contributed by atoms with Crippen molar-refractivity contribution < 1.29 is 19.2 Å². The zero-order valence-corrected chi connectivity index (χ0v) is 13.3. The average Bonchev–Trinajstić information content (AvgIpc) is 3.06. The van der Waals surface area contributed by atoms with Gasteiger partial charge in [0, 0.05) is 23.8 Å². The first-order valence-electron chi connectivity index (χ1n) is 6.99. The number of allylic oxidation sites excluding steroid dienone is 1. The topological polar surface area (TPSA) is 102 Å². The van der Waals surface area contributed by atoms with Gasteiger partial charge in [0.2, 0.25) is 12.6 Å². The summed E-state index contributed by atoms with van der Waals surface area (Å²) < 4.78 is 10.4. The number of hydrogen-bond acceptors (Lipinski definition) is 6. The molecule has 0 fully saturated rings. The molecule has 0 N–H and O–H groups in total. The third kappa shape index (κ3) is 3.29. The first-order valence-corrected chi connectivity index (χ1v) is 7.37. The molecular weight excluding hydrogens is 348 g/mol. The molecule has 8 heteroatoms. The van der Waals surface area contributed by atoms with Gasteiger partial charge in [0.1, 0.15) is 11.6 Å². The van der Waals surface area contributed by atoms with E-state index >= 15 is 0 Å². The first-order chi connectivity index (χ1) is 12.0. The fraction of sp³-hybridized carbons (Fsp3) is 0.0588. The van der Waals surface area contributed by atoms with Crippen LogP contribution in [-0.4, -0.2) is 17.5 Å². The Morgan fingerprint density at radius 2 is 2.00 bits per heavy atom. The van der Waals surface area contributed by atoms with Gasteiger partial charge in [-0.15, -0.1) is 0 Å². The van der Waals surface area contributed by atoms with Crippen molar-refractivity contribution in [2.75, 3.05) is 6.79 Å². The largest absolute Gasteiger partial charge is 0.454 e. The lowest BCUT2D eigenvalue weighted by atomic mass is 10.0. The summed E-state index contributed by atoms with van der Waals surface area (Å²) in [5.74, 6) is 0.293. The molecule has 0 spiro atoms. The Balaban J connectivity index is 1.99. The lowest BCUT2D eigenvalue weighted by Gasteiger charge is -2.04. The summed E-state index contributed by atoms with van der Waals surface area (Å²) in [6, 6.07) is 10.1. The molecule has 2 aromatic carbocycles. The first kappa shape index (κ1) is 16.5. The van der Waals surface area contributed by atoms with E-state index in [1.54, 1.807) is 12.1 Å². The molecule has 0 atom stereocenters. The van der Waals surface area contributed by atoms with Crippen LogP contribution in [0.4, 0.5) is 5.69 Å². The molecule has 0 bridgehead atoms. The quantitative estimate of drug-likeness (QED) is 0.271. The Kier molecular flexibility index (Phi) is 4.37. The van der Waals surface area contributed by atoms with Crippen LogP contribution < -0.4 is 9.47 Å². The number of hydrogen-bond donors (Lipinski definition) is 0. The predicted molar refractivity (Wildman–Crippen MR) is 88.6 cm³/mol. The second-order valence-electron chi connectivity index (χ2n) is 5.03. The van der Waals surface area contributed by atoms with Crippen molar-refractivity contribution in [3.8, 4) is 17.6 Å². The third-order valence-electron chi connectivity index (χ3n) is 3.48. The van der Waals surface area contributed by atoms with Crippen LogP contribution in [0.25, 0.3) is 6.08 Å². The lowest BCUT2D eigenvalue weighted by Crippen LogP contribution is -2.03. The van der Waals surface area contributed by atoms with Crippen molar-refractivity contribution in [3.63, 3.8) is 0 Å². The molecule has 124 valence electrons. The van der Waals surface area contributed by atoms with Gasteiger partial charge in [0.05, 0.1) is 9.95 Å². The summed E-state index contributed by atoms with van der Waals surface area (Å²) in [4.78, 5) is 22.7. The number of carbonyl (C=O) groups excluding carboxylic acids is 1. The number of benzene rings is 2. The van der Waals surface area contributed by atoms with Gasteiger partial charge in [-0.05, 0) is 17.7 Å². The Bertz CT molecular complexity index is 962. The molecule has 0 saturated carbocycles. The summed E-state index contributed by atoms with van der Waals surface area (Å²) in [5.41, 5.74) is 0.00521. The monoisotopic (exact) mass is 356 g/mol.